The molecule has 0 bridgehead atoms. The number of hydrogen-bond acceptors (Lipinski definition) is 3. The van der Waals surface area contributed by atoms with E-state index >= 15 is 0 Å². The highest BCUT2D eigenvalue weighted by atomic mass is 16.7. The summed E-state index contributed by atoms with van der Waals surface area (Å²) in [7, 11) is 0. The molecule has 0 saturated heterocycles. The van der Waals surface area contributed by atoms with Crippen LogP contribution in [0.4, 0.5) is 0 Å². The first-order valence-electron chi connectivity index (χ1n) is 5.29. The number of carbonyl (C=O) groups is 1. The lowest BCUT2D eigenvalue weighted by molar-refractivity contribution is -0.214. The maximum Gasteiger partial charge on any atom is 0.295 e. The van der Waals surface area contributed by atoms with Crippen molar-refractivity contribution in [2.24, 2.45) is 5.92 Å². The van der Waals surface area contributed by atoms with Gasteiger partial charge in [0.25, 0.3) is 6.47 Å². The number of carbonyl (C=O) groups excluding carboxylic acids is 1. The minimum atomic E-state index is -0.737. The van der Waals surface area contributed by atoms with Crippen LogP contribution < -0.4 is 0 Å². The lowest BCUT2D eigenvalue weighted by Crippen LogP contribution is -2.31. The van der Waals surface area contributed by atoms with Crippen LogP contribution in [0.3, 0.4) is 0 Å². The standard InChI is InChI=1S/C11H22O3/c1-5-11(4,14-9-12)13-8-6-7-10(2)3/h9-10H,5-8H2,1-4H3. The van der Waals surface area contributed by atoms with Gasteiger partial charge in [-0.2, -0.15) is 0 Å². The van der Waals surface area contributed by atoms with Crippen LogP contribution in [-0.4, -0.2) is 18.9 Å². The maximum atomic E-state index is 10.2. The summed E-state index contributed by atoms with van der Waals surface area (Å²) in [6.07, 6.45) is 2.82. The lowest BCUT2D eigenvalue weighted by atomic mass is 10.1. The fourth-order valence-corrected chi connectivity index (χ4v) is 1.10. The molecule has 0 amide bonds. The zero-order valence-electron chi connectivity index (χ0n) is 9.71. The molecule has 0 spiro atoms. The van der Waals surface area contributed by atoms with Crippen molar-refractivity contribution < 1.29 is 14.3 Å². The smallest absolute Gasteiger partial charge is 0.295 e. The van der Waals surface area contributed by atoms with E-state index in [9.17, 15) is 4.79 Å². The van der Waals surface area contributed by atoms with Crippen LogP contribution in [0.5, 0.6) is 0 Å². The van der Waals surface area contributed by atoms with Crippen molar-refractivity contribution in [2.45, 2.75) is 52.7 Å². The van der Waals surface area contributed by atoms with Gasteiger partial charge in [0.05, 0.1) is 6.61 Å². The minimum Gasteiger partial charge on any atom is -0.436 e. The van der Waals surface area contributed by atoms with Crippen molar-refractivity contribution in [1.82, 2.24) is 0 Å². The van der Waals surface area contributed by atoms with Gasteiger partial charge in [-0.1, -0.05) is 20.8 Å². The van der Waals surface area contributed by atoms with Crippen molar-refractivity contribution in [3.8, 4) is 0 Å². The number of hydrogen-bond donors (Lipinski definition) is 0. The molecule has 0 fully saturated rings. The summed E-state index contributed by atoms with van der Waals surface area (Å²) in [5.74, 6) is -0.0443. The van der Waals surface area contributed by atoms with Gasteiger partial charge in [0.1, 0.15) is 0 Å². The third-order valence-electron chi connectivity index (χ3n) is 2.27. The Morgan fingerprint density at radius 2 is 2.07 bits per heavy atom. The SMILES string of the molecule is CCC(C)(OC=O)OCCCC(C)C. The molecule has 0 aliphatic heterocycles. The summed E-state index contributed by atoms with van der Waals surface area (Å²) < 4.78 is 10.4. The normalized spacial score (nSPS) is 15.2. The van der Waals surface area contributed by atoms with Crippen molar-refractivity contribution in [1.29, 1.82) is 0 Å². The zero-order chi connectivity index (χ0) is 11.0. The fraction of sp³-hybridized carbons (Fsp3) is 0.909. The monoisotopic (exact) mass is 202 g/mol. The van der Waals surface area contributed by atoms with Crippen molar-refractivity contribution in [3.05, 3.63) is 0 Å². The number of rotatable bonds is 8. The Labute approximate surface area is 86.8 Å². The van der Waals surface area contributed by atoms with E-state index in [2.05, 4.69) is 13.8 Å². The summed E-state index contributed by atoms with van der Waals surface area (Å²) in [5.41, 5.74) is 0. The summed E-state index contributed by atoms with van der Waals surface area (Å²) in [6.45, 7) is 9.19. The quantitative estimate of drug-likeness (QED) is 0.345. The Morgan fingerprint density at radius 3 is 2.50 bits per heavy atom. The van der Waals surface area contributed by atoms with Gasteiger partial charge in [-0.3, -0.25) is 4.79 Å². The van der Waals surface area contributed by atoms with E-state index in [1.54, 1.807) is 6.92 Å². The second kappa shape index (κ2) is 6.82. The van der Waals surface area contributed by atoms with E-state index < -0.39 is 5.79 Å². The van der Waals surface area contributed by atoms with Gasteiger partial charge in [0.2, 0.25) is 5.79 Å². The molecule has 0 aromatic carbocycles. The Kier molecular flexibility index (Phi) is 6.54. The third-order valence-corrected chi connectivity index (χ3v) is 2.27. The van der Waals surface area contributed by atoms with E-state index in [-0.39, 0.29) is 0 Å². The maximum absolute atomic E-state index is 10.2. The van der Waals surface area contributed by atoms with Crippen LogP contribution in [0, 0.1) is 5.92 Å². The highest BCUT2D eigenvalue weighted by Gasteiger charge is 2.23. The number of ether oxygens (including phenoxy) is 2. The molecule has 0 saturated carbocycles. The van der Waals surface area contributed by atoms with E-state index in [1.165, 1.54) is 0 Å². The van der Waals surface area contributed by atoms with Crippen molar-refractivity contribution in [3.63, 3.8) is 0 Å². The molecule has 0 aromatic heterocycles. The Balaban J connectivity index is 3.66. The second-order valence-electron chi connectivity index (χ2n) is 4.09. The van der Waals surface area contributed by atoms with Gasteiger partial charge in [-0.15, -0.1) is 0 Å². The predicted octanol–water partition coefficient (Wildman–Crippen LogP) is 2.74. The van der Waals surface area contributed by atoms with Gasteiger partial charge in [-0.05, 0) is 18.8 Å². The molecule has 3 nitrogen and oxygen atoms in total. The first-order valence-corrected chi connectivity index (χ1v) is 5.29. The molecular weight excluding hydrogens is 180 g/mol. The molecule has 0 radical (unpaired) electrons. The Hall–Kier alpha value is -0.570. The molecule has 0 aliphatic carbocycles. The molecule has 0 aromatic rings. The van der Waals surface area contributed by atoms with E-state index in [1.807, 2.05) is 6.92 Å². The molecule has 84 valence electrons. The second-order valence-corrected chi connectivity index (χ2v) is 4.09. The van der Waals surface area contributed by atoms with E-state index in [0.29, 0.717) is 25.4 Å². The van der Waals surface area contributed by atoms with Crippen molar-refractivity contribution >= 4 is 6.47 Å². The summed E-state index contributed by atoms with van der Waals surface area (Å²) >= 11 is 0. The van der Waals surface area contributed by atoms with Gasteiger partial charge in [-0.25, -0.2) is 0 Å². The molecule has 1 atom stereocenters. The predicted molar refractivity (Wildman–Crippen MR) is 55.9 cm³/mol. The van der Waals surface area contributed by atoms with E-state index in [0.717, 1.165) is 12.8 Å². The van der Waals surface area contributed by atoms with Crippen LogP contribution >= 0.6 is 0 Å². The van der Waals surface area contributed by atoms with E-state index in [4.69, 9.17) is 9.47 Å². The van der Waals surface area contributed by atoms with Crippen LogP contribution in [-0.2, 0) is 14.3 Å². The Bertz CT molecular complexity index is 157. The van der Waals surface area contributed by atoms with Crippen LogP contribution in [0.1, 0.15) is 47.0 Å². The molecule has 0 heterocycles. The summed E-state index contributed by atoms with van der Waals surface area (Å²) in [4.78, 5) is 10.2. The van der Waals surface area contributed by atoms with Gasteiger partial charge < -0.3 is 9.47 Å². The Morgan fingerprint density at radius 1 is 1.43 bits per heavy atom. The molecule has 0 aliphatic rings. The molecule has 0 rings (SSSR count). The highest BCUT2D eigenvalue weighted by Crippen LogP contribution is 2.16. The van der Waals surface area contributed by atoms with Crippen molar-refractivity contribution in [2.75, 3.05) is 6.61 Å². The summed E-state index contributed by atoms with van der Waals surface area (Å²) in [6, 6.07) is 0. The van der Waals surface area contributed by atoms with Crippen LogP contribution in [0.15, 0.2) is 0 Å². The lowest BCUT2D eigenvalue weighted by Gasteiger charge is -2.26. The molecule has 1 unspecified atom stereocenters. The first-order chi connectivity index (χ1) is 6.54. The minimum absolute atomic E-state index is 0.450. The summed E-state index contributed by atoms with van der Waals surface area (Å²) in [5, 5.41) is 0. The van der Waals surface area contributed by atoms with Crippen LogP contribution in [0.25, 0.3) is 0 Å². The zero-order valence-corrected chi connectivity index (χ0v) is 9.71. The molecular formula is C11H22O3. The molecule has 3 heteroatoms. The molecule has 14 heavy (non-hydrogen) atoms. The molecule has 0 N–H and O–H groups in total. The average Bonchev–Trinajstić information content (AvgIpc) is 2.13. The topological polar surface area (TPSA) is 35.5 Å². The van der Waals surface area contributed by atoms with Gasteiger partial charge in [0.15, 0.2) is 0 Å². The third kappa shape index (κ3) is 5.97. The largest absolute Gasteiger partial charge is 0.436 e. The average molecular weight is 202 g/mol. The fourth-order valence-electron chi connectivity index (χ4n) is 1.10. The van der Waals surface area contributed by atoms with Crippen LogP contribution in [0.2, 0.25) is 0 Å². The first kappa shape index (κ1) is 13.4. The van der Waals surface area contributed by atoms with Gasteiger partial charge >= 0.3 is 0 Å². The van der Waals surface area contributed by atoms with Gasteiger partial charge in [0, 0.05) is 13.3 Å². The highest BCUT2D eigenvalue weighted by molar-refractivity contribution is 5.37.